The number of amides is 1. The van der Waals surface area contributed by atoms with Gasteiger partial charge in [-0.25, -0.2) is 9.37 Å². The molecule has 7 nitrogen and oxygen atoms in total. The molecule has 0 radical (unpaired) electrons. The van der Waals surface area contributed by atoms with Crippen LogP contribution in [0.4, 0.5) is 4.39 Å². The number of aromatic nitrogens is 2. The van der Waals surface area contributed by atoms with Crippen molar-refractivity contribution in [3.63, 3.8) is 0 Å². The number of aliphatic hydroxyl groups is 1. The summed E-state index contributed by atoms with van der Waals surface area (Å²) < 4.78 is 20.7. The second-order valence-corrected chi connectivity index (χ2v) is 9.40. The van der Waals surface area contributed by atoms with Crippen molar-refractivity contribution in [2.24, 2.45) is 0 Å². The van der Waals surface area contributed by atoms with Crippen LogP contribution in [0.5, 0.6) is 0 Å². The lowest BCUT2D eigenvalue weighted by atomic mass is 9.95. The number of nitrogens with one attached hydrogen (secondary N) is 1. The van der Waals surface area contributed by atoms with E-state index < -0.39 is 6.10 Å². The Balaban J connectivity index is 1.30. The third-order valence-electron chi connectivity index (χ3n) is 7.15. The smallest absolute Gasteiger partial charge is 0.272 e. The fourth-order valence-electron chi connectivity index (χ4n) is 5.10. The molecule has 0 aliphatic carbocycles. The van der Waals surface area contributed by atoms with Gasteiger partial charge in [-0.2, -0.15) is 0 Å². The minimum atomic E-state index is -0.469. The molecule has 2 N–H and O–H groups in total. The van der Waals surface area contributed by atoms with E-state index in [2.05, 4.69) is 10.3 Å². The van der Waals surface area contributed by atoms with Gasteiger partial charge in [0.2, 0.25) is 0 Å². The van der Waals surface area contributed by atoms with Crippen molar-refractivity contribution in [3.05, 3.63) is 78.1 Å². The Morgan fingerprint density at radius 1 is 1.14 bits per heavy atom. The maximum Gasteiger partial charge on any atom is 0.272 e. The number of rotatable bonds is 6. The van der Waals surface area contributed by atoms with Crippen molar-refractivity contribution in [3.8, 4) is 11.1 Å². The van der Waals surface area contributed by atoms with Crippen LogP contribution in [0.25, 0.3) is 11.1 Å². The number of imidazole rings is 1. The number of piperidine rings is 1. The molecule has 3 heterocycles. The van der Waals surface area contributed by atoms with Gasteiger partial charge in [-0.15, -0.1) is 0 Å². The number of aliphatic hydroxyl groups excluding tert-OH is 1. The standard InChI is InChI=1S/C27H31FN4O3/c1-18(22-4-2-3-5-23(22)19-6-8-20(28)9-7-19)32-17-29-14-25(32)27(34)31-12-10-21(11-13-31)30-24-15-35-16-26(24)33/h2-9,14,17-18,21,24,26,30,33H,10-13,15-16H2,1H3/t18-,24?,26+/m0/s1. The third kappa shape index (κ3) is 5.00. The number of likely N-dealkylation sites (tertiary alicyclic amines) is 1. The Hall–Kier alpha value is -3.07. The van der Waals surface area contributed by atoms with E-state index in [9.17, 15) is 14.3 Å². The highest BCUT2D eigenvalue weighted by Crippen LogP contribution is 2.31. The highest BCUT2D eigenvalue weighted by molar-refractivity contribution is 5.92. The van der Waals surface area contributed by atoms with E-state index in [1.54, 1.807) is 24.7 Å². The zero-order valence-corrected chi connectivity index (χ0v) is 19.8. The van der Waals surface area contributed by atoms with E-state index in [0.717, 1.165) is 29.5 Å². The van der Waals surface area contributed by atoms with E-state index >= 15 is 0 Å². The van der Waals surface area contributed by atoms with Crippen LogP contribution >= 0.6 is 0 Å². The monoisotopic (exact) mass is 478 g/mol. The first-order valence-corrected chi connectivity index (χ1v) is 12.2. The number of nitrogens with zero attached hydrogens (tertiary/aromatic N) is 3. The molecular formula is C27H31FN4O3. The maximum atomic E-state index is 13.5. The topological polar surface area (TPSA) is 79.6 Å². The third-order valence-corrected chi connectivity index (χ3v) is 7.15. The predicted octanol–water partition coefficient (Wildman–Crippen LogP) is 3.25. The molecular weight excluding hydrogens is 447 g/mol. The normalized spacial score (nSPS) is 21.9. The molecule has 1 aromatic heterocycles. The Labute approximate surface area is 204 Å². The van der Waals surface area contributed by atoms with E-state index in [-0.39, 0.29) is 29.8 Å². The molecule has 1 unspecified atom stereocenters. The number of carbonyl (C=O) groups is 1. The predicted molar refractivity (Wildman–Crippen MR) is 131 cm³/mol. The van der Waals surface area contributed by atoms with Crippen LogP contribution in [0.2, 0.25) is 0 Å². The van der Waals surface area contributed by atoms with Crippen molar-refractivity contribution in [1.82, 2.24) is 19.8 Å². The SMILES string of the molecule is C[C@@H](c1ccccc1-c1ccc(F)cc1)n1cncc1C(=O)N1CCC(NC2COC[C@H]2O)CC1. The summed E-state index contributed by atoms with van der Waals surface area (Å²) in [5, 5.41) is 13.5. The van der Waals surface area contributed by atoms with Crippen LogP contribution in [0.15, 0.2) is 61.1 Å². The van der Waals surface area contributed by atoms with Crippen molar-refractivity contribution in [2.75, 3.05) is 26.3 Å². The lowest BCUT2D eigenvalue weighted by molar-refractivity contribution is 0.0679. The zero-order chi connectivity index (χ0) is 24.4. The summed E-state index contributed by atoms with van der Waals surface area (Å²) in [6, 6.07) is 14.5. The van der Waals surface area contributed by atoms with Gasteiger partial charge < -0.3 is 24.6 Å². The van der Waals surface area contributed by atoms with Crippen LogP contribution in [0, 0.1) is 5.82 Å². The van der Waals surface area contributed by atoms with Gasteiger partial charge >= 0.3 is 0 Å². The molecule has 0 bridgehead atoms. The summed E-state index contributed by atoms with van der Waals surface area (Å²) in [6.07, 6.45) is 4.52. The largest absolute Gasteiger partial charge is 0.389 e. The lowest BCUT2D eigenvalue weighted by Crippen LogP contribution is -2.50. The first-order chi connectivity index (χ1) is 17.0. The van der Waals surface area contributed by atoms with Crippen molar-refractivity contribution in [1.29, 1.82) is 0 Å². The molecule has 3 aromatic rings. The van der Waals surface area contributed by atoms with Gasteiger partial charge in [0, 0.05) is 19.1 Å². The molecule has 2 aromatic carbocycles. The van der Waals surface area contributed by atoms with Crippen LogP contribution in [-0.4, -0.2) is 70.0 Å². The molecule has 3 atom stereocenters. The minimum absolute atomic E-state index is 0.0312. The quantitative estimate of drug-likeness (QED) is 0.569. The maximum absolute atomic E-state index is 13.5. The van der Waals surface area contributed by atoms with Crippen LogP contribution in [0.3, 0.4) is 0 Å². The number of hydrogen-bond donors (Lipinski definition) is 2. The highest BCUT2D eigenvalue weighted by atomic mass is 19.1. The van der Waals surface area contributed by atoms with Crippen LogP contribution in [0.1, 0.15) is 41.9 Å². The van der Waals surface area contributed by atoms with Crippen molar-refractivity contribution < 1.29 is 19.0 Å². The first kappa shape index (κ1) is 23.7. The van der Waals surface area contributed by atoms with Gasteiger partial charge in [0.15, 0.2) is 0 Å². The molecule has 2 aliphatic heterocycles. The summed E-state index contributed by atoms with van der Waals surface area (Å²) in [6.45, 7) is 4.24. The zero-order valence-electron chi connectivity index (χ0n) is 19.8. The molecule has 2 fully saturated rings. The fourth-order valence-corrected chi connectivity index (χ4v) is 5.10. The molecule has 35 heavy (non-hydrogen) atoms. The molecule has 184 valence electrons. The van der Waals surface area contributed by atoms with Crippen molar-refractivity contribution in [2.45, 2.75) is 44.0 Å². The number of halogens is 1. The van der Waals surface area contributed by atoms with Crippen molar-refractivity contribution >= 4 is 5.91 Å². The Kier molecular flexibility index (Phi) is 6.95. The second-order valence-electron chi connectivity index (χ2n) is 9.40. The first-order valence-electron chi connectivity index (χ1n) is 12.2. The number of ether oxygens (including phenoxy) is 1. The summed E-state index contributed by atoms with van der Waals surface area (Å²) in [4.78, 5) is 19.6. The van der Waals surface area contributed by atoms with E-state index in [1.807, 2.05) is 40.7 Å². The molecule has 2 aliphatic rings. The molecule has 2 saturated heterocycles. The Bertz CT molecular complexity index is 1160. The highest BCUT2D eigenvalue weighted by Gasteiger charge is 2.31. The number of hydrogen-bond acceptors (Lipinski definition) is 5. The minimum Gasteiger partial charge on any atom is -0.389 e. The van der Waals surface area contributed by atoms with E-state index in [1.165, 1.54) is 12.1 Å². The van der Waals surface area contributed by atoms with Crippen LogP contribution < -0.4 is 5.32 Å². The average molecular weight is 479 g/mol. The summed E-state index contributed by atoms with van der Waals surface area (Å²) in [5.41, 5.74) is 3.51. The van der Waals surface area contributed by atoms with Gasteiger partial charge in [0.25, 0.3) is 5.91 Å². The van der Waals surface area contributed by atoms with E-state index in [4.69, 9.17) is 4.74 Å². The van der Waals surface area contributed by atoms with Gasteiger partial charge in [0.1, 0.15) is 11.5 Å². The van der Waals surface area contributed by atoms with Crippen LogP contribution in [-0.2, 0) is 4.74 Å². The fraction of sp³-hybridized carbons (Fsp3) is 0.407. The Morgan fingerprint density at radius 3 is 2.60 bits per heavy atom. The number of benzene rings is 2. The average Bonchev–Trinajstić information content (AvgIpc) is 3.53. The van der Waals surface area contributed by atoms with Gasteiger partial charge in [-0.3, -0.25) is 4.79 Å². The lowest BCUT2D eigenvalue weighted by Gasteiger charge is -2.34. The molecule has 8 heteroatoms. The second kappa shape index (κ2) is 10.3. The summed E-state index contributed by atoms with van der Waals surface area (Å²) in [7, 11) is 0. The van der Waals surface area contributed by atoms with Gasteiger partial charge in [-0.1, -0.05) is 36.4 Å². The molecule has 0 spiro atoms. The van der Waals surface area contributed by atoms with E-state index in [0.29, 0.717) is 32.0 Å². The Morgan fingerprint density at radius 2 is 1.89 bits per heavy atom. The molecule has 5 rings (SSSR count). The summed E-state index contributed by atoms with van der Waals surface area (Å²) in [5.74, 6) is -0.301. The van der Waals surface area contributed by atoms with Gasteiger partial charge in [-0.05, 0) is 48.6 Å². The summed E-state index contributed by atoms with van der Waals surface area (Å²) >= 11 is 0. The number of carbonyl (C=O) groups excluding carboxylic acids is 1. The molecule has 1 amide bonds. The molecule has 0 saturated carbocycles. The van der Waals surface area contributed by atoms with Gasteiger partial charge in [0.05, 0.1) is 43.9 Å².